The van der Waals surface area contributed by atoms with Crippen molar-refractivity contribution in [3.05, 3.63) is 6.26 Å². The summed E-state index contributed by atoms with van der Waals surface area (Å²) in [6.45, 7) is 0. The lowest BCUT2D eigenvalue weighted by Crippen LogP contribution is -1.83. The standard InChI is InChI=1S/C5H7NO3/c1-7-4-3-9-5(6-4)8-2/h3H,1-2H3. The normalized spacial score (nSPS) is 9.11. The molecule has 0 spiro atoms. The smallest absolute Gasteiger partial charge is 0.396 e. The molecule has 0 saturated carbocycles. The van der Waals surface area contributed by atoms with Gasteiger partial charge in [0.05, 0.1) is 14.2 Å². The molecule has 50 valence electrons. The molecule has 1 rings (SSSR count). The van der Waals surface area contributed by atoms with Crippen molar-refractivity contribution < 1.29 is 13.9 Å². The molecule has 0 aliphatic heterocycles. The van der Waals surface area contributed by atoms with Crippen molar-refractivity contribution in [2.24, 2.45) is 0 Å². The van der Waals surface area contributed by atoms with Crippen LogP contribution < -0.4 is 9.47 Å². The van der Waals surface area contributed by atoms with E-state index < -0.39 is 0 Å². The molecule has 0 aliphatic rings. The molecule has 0 aromatic carbocycles. The Morgan fingerprint density at radius 3 is 2.56 bits per heavy atom. The molecule has 0 radical (unpaired) electrons. The highest BCUT2D eigenvalue weighted by molar-refractivity contribution is 5.04. The first-order valence-electron chi connectivity index (χ1n) is 2.40. The number of hydrogen-bond acceptors (Lipinski definition) is 4. The Morgan fingerprint density at radius 2 is 2.22 bits per heavy atom. The zero-order valence-electron chi connectivity index (χ0n) is 5.25. The van der Waals surface area contributed by atoms with Crippen LogP contribution in [-0.4, -0.2) is 19.2 Å². The summed E-state index contributed by atoms with van der Waals surface area (Å²) in [5, 5.41) is 0. The number of oxazole rings is 1. The fourth-order valence-electron chi connectivity index (χ4n) is 0.431. The summed E-state index contributed by atoms with van der Waals surface area (Å²) in [5.74, 6) is 0.423. The molecular weight excluding hydrogens is 122 g/mol. The Balaban J connectivity index is 2.74. The summed E-state index contributed by atoms with van der Waals surface area (Å²) in [6.07, 6.45) is 1.59. The number of ether oxygens (including phenoxy) is 2. The predicted molar refractivity (Wildman–Crippen MR) is 29.6 cm³/mol. The van der Waals surface area contributed by atoms with E-state index in [2.05, 4.69) is 9.72 Å². The van der Waals surface area contributed by atoms with Crippen molar-refractivity contribution in [1.29, 1.82) is 0 Å². The minimum Gasteiger partial charge on any atom is -0.479 e. The predicted octanol–water partition coefficient (Wildman–Crippen LogP) is 0.692. The topological polar surface area (TPSA) is 44.5 Å². The number of nitrogens with zero attached hydrogens (tertiary/aromatic N) is 1. The van der Waals surface area contributed by atoms with Gasteiger partial charge in [0.15, 0.2) is 6.26 Å². The summed E-state index contributed by atoms with van der Waals surface area (Å²) >= 11 is 0. The molecule has 0 saturated heterocycles. The maximum absolute atomic E-state index is 4.75. The Hall–Kier alpha value is -1.19. The van der Waals surface area contributed by atoms with Crippen molar-refractivity contribution in [2.45, 2.75) is 0 Å². The quantitative estimate of drug-likeness (QED) is 0.589. The van der Waals surface area contributed by atoms with Gasteiger partial charge in [0.2, 0.25) is 0 Å². The molecular formula is C5H7NO3. The lowest BCUT2D eigenvalue weighted by molar-refractivity contribution is 0.290. The van der Waals surface area contributed by atoms with E-state index in [1.165, 1.54) is 20.5 Å². The Kier molecular flexibility index (Phi) is 1.58. The lowest BCUT2D eigenvalue weighted by Gasteiger charge is -1.86. The highest BCUT2D eigenvalue weighted by Crippen LogP contribution is 2.14. The van der Waals surface area contributed by atoms with Crippen LogP contribution in [0.3, 0.4) is 0 Å². The van der Waals surface area contributed by atoms with Crippen LogP contribution in [0.15, 0.2) is 10.7 Å². The minimum absolute atomic E-state index is 0.215. The van der Waals surface area contributed by atoms with Crippen molar-refractivity contribution in [3.8, 4) is 12.0 Å². The molecule has 4 nitrogen and oxygen atoms in total. The van der Waals surface area contributed by atoms with Crippen LogP contribution in [0.1, 0.15) is 0 Å². The second-order valence-electron chi connectivity index (χ2n) is 1.36. The summed E-state index contributed by atoms with van der Waals surface area (Å²) < 4.78 is 14.1. The average molecular weight is 129 g/mol. The van der Waals surface area contributed by atoms with Crippen LogP contribution in [0, 0.1) is 0 Å². The third-order valence-corrected chi connectivity index (χ3v) is 0.846. The van der Waals surface area contributed by atoms with Crippen LogP contribution in [-0.2, 0) is 0 Å². The molecule has 0 bridgehead atoms. The van der Waals surface area contributed by atoms with Gasteiger partial charge in [-0.3, -0.25) is 0 Å². The first-order valence-corrected chi connectivity index (χ1v) is 2.40. The molecule has 1 aromatic heterocycles. The van der Waals surface area contributed by atoms with Crippen molar-refractivity contribution in [2.75, 3.05) is 14.2 Å². The first-order chi connectivity index (χ1) is 4.36. The van der Waals surface area contributed by atoms with Gasteiger partial charge >= 0.3 is 6.08 Å². The molecule has 0 amide bonds. The van der Waals surface area contributed by atoms with Gasteiger partial charge in [-0.1, -0.05) is 0 Å². The molecule has 0 aliphatic carbocycles. The fourth-order valence-corrected chi connectivity index (χ4v) is 0.431. The summed E-state index contributed by atoms with van der Waals surface area (Å²) in [6, 6.07) is 0. The van der Waals surface area contributed by atoms with Gasteiger partial charge in [-0.2, -0.15) is 0 Å². The van der Waals surface area contributed by atoms with Crippen LogP contribution >= 0.6 is 0 Å². The fraction of sp³-hybridized carbons (Fsp3) is 0.400. The van der Waals surface area contributed by atoms with Gasteiger partial charge in [0.25, 0.3) is 5.88 Å². The number of hydrogen-bond donors (Lipinski definition) is 0. The molecule has 0 fully saturated rings. The van der Waals surface area contributed by atoms with Crippen LogP contribution in [0.2, 0.25) is 0 Å². The number of methoxy groups -OCH3 is 2. The van der Waals surface area contributed by atoms with Gasteiger partial charge in [-0.25, -0.2) is 0 Å². The number of rotatable bonds is 2. The largest absolute Gasteiger partial charge is 0.479 e. The molecule has 0 N–H and O–H groups in total. The van der Waals surface area contributed by atoms with Crippen LogP contribution in [0.25, 0.3) is 0 Å². The highest BCUT2D eigenvalue weighted by Gasteiger charge is 2.00. The zero-order valence-corrected chi connectivity index (χ0v) is 5.25. The Morgan fingerprint density at radius 1 is 1.44 bits per heavy atom. The van der Waals surface area contributed by atoms with E-state index in [9.17, 15) is 0 Å². The molecule has 0 atom stereocenters. The zero-order chi connectivity index (χ0) is 6.69. The maximum Gasteiger partial charge on any atom is 0.396 e. The van der Waals surface area contributed by atoms with Crippen molar-refractivity contribution in [1.82, 2.24) is 4.98 Å². The van der Waals surface area contributed by atoms with E-state index in [0.29, 0.717) is 5.88 Å². The summed E-state index contributed by atoms with van der Waals surface area (Å²) in [7, 11) is 2.99. The molecule has 0 unspecified atom stereocenters. The average Bonchev–Trinajstić information content (AvgIpc) is 2.34. The Bertz CT molecular complexity index is 166. The molecule has 4 heteroatoms. The second kappa shape index (κ2) is 2.39. The SMILES string of the molecule is COc1coc(OC)n1. The number of aromatic nitrogens is 1. The minimum atomic E-state index is 0.215. The van der Waals surface area contributed by atoms with E-state index in [-0.39, 0.29) is 6.08 Å². The summed E-state index contributed by atoms with van der Waals surface area (Å²) in [4.78, 5) is 3.74. The van der Waals surface area contributed by atoms with Crippen LogP contribution in [0.5, 0.6) is 12.0 Å². The van der Waals surface area contributed by atoms with E-state index in [1.807, 2.05) is 0 Å². The van der Waals surface area contributed by atoms with Crippen LogP contribution in [0.4, 0.5) is 0 Å². The molecule has 1 heterocycles. The highest BCUT2D eigenvalue weighted by atomic mass is 16.6. The lowest BCUT2D eigenvalue weighted by atomic mass is 10.9. The van der Waals surface area contributed by atoms with E-state index in [4.69, 9.17) is 9.15 Å². The van der Waals surface area contributed by atoms with Crippen molar-refractivity contribution >= 4 is 0 Å². The van der Waals surface area contributed by atoms with E-state index >= 15 is 0 Å². The van der Waals surface area contributed by atoms with Gasteiger partial charge in [-0.15, -0.1) is 4.98 Å². The van der Waals surface area contributed by atoms with Gasteiger partial charge in [0, 0.05) is 0 Å². The van der Waals surface area contributed by atoms with E-state index in [1.54, 1.807) is 0 Å². The van der Waals surface area contributed by atoms with Gasteiger partial charge in [0.1, 0.15) is 0 Å². The van der Waals surface area contributed by atoms with E-state index in [0.717, 1.165) is 0 Å². The van der Waals surface area contributed by atoms with Gasteiger partial charge in [-0.05, 0) is 0 Å². The first kappa shape index (κ1) is 5.94. The van der Waals surface area contributed by atoms with Crippen molar-refractivity contribution in [3.63, 3.8) is 0 Å². The monoisotopic (exact) mass is 129 g/mol. The van der Waals surface area contributed by atoms with Gasteiger partial charge < -0.3 is 13.9 Å². The third-order valence-electron chi connectivity index (χ3n) is 0.846. The molecule has 9 heavy (non-hydrogen) atoms. The molecule has 1 aromatic rings. The maximum atomic E-state index is 4.75. The Labute approximate surface area is 52.4 Å². The summed E-state index contributed by atoms with van der Waals surface area (Å²) in [5.41, 5.74) is 0. The third kappa shape index (κ3) is 1.13. The second-order valence-corrected chi connectivity index (χ2v) is 1.36.